The predicted octanol–water partition coefficient (Wildman–Crippen LogP) is 4.16. The topological polar surface area (TPSA) is 49.6 Å². The zero-order valence-electron chi connectivity index (χ0n) is 16.2. The Balaban J connectivity index is 1.66. The van der Waals surface area contributed by atoms with Gasteiger partial charge < -0.3 is 5.32 Å². The van der Waals surface area contributed by atoms with Crippen molar-refractivity contribution in [2.24, 2.45) is 0 Å². The molecule has 5 nitrogen and oxygen atoms in total. The highest BCUT2D eigenvalue weighted by Gasteiger charge is 2.09. The lowest BCUT2D eigenvalue weighted by Gasteiger charge is -2.20. The molecule has 2 aromatic heterocycles. The van der Waals surface area contributed by atoms with Crippen molar-refractivity contribution in [3.05, 3.63) is 76.7 Å². The predicted molar refractivity (Wildman–Crippen MR) is 114 cm³/mol. The molecule has 0 saturated carbocycles. The number of halogens is 1. The molecule has 0 aliphatic heterocycles. The van der Waals surface area contributed by atoms with Gasteiger partial charge in [0.1, 0.15) is 5.65 Å². The number of hydrogen-bond donors (Lipinski definition) is 1. The fraction of sp³-hybridized carbons (Fsp3) is 0.273. The molecular formula is C22H25ClN4O. The number of imidazole rings is 1. The van der Waals surface area contributed by atoms with E-state index < -0.39 is 0 Å². The van der Waals surface area contributed by atoms with Crippen LogP contribution in [0.1, 0.15) is 30.7 Å². The number of benzene rings is 1. The van der Waals surface area contributed by atoms with Gasteiger partial charge in [-0.1, -0.05) is 55.8 Å². The summed E-state index contributed by atoms with van der Waals surface area (Å²) in [5, 5.41) is 3.34. The number of carbonyl (C=O) groups is 1. The quantitative estimate of drug-likeness (QED) is 0.581. The van der Waals surface area contributed by atoms with Gasteiger partial charge in [0.2, 0.25) is 5.91 Å². The number of hydrogen-bond acceptors (Lipinski definition) is 3. The summed E-state index contributed by atoms with van der Waals surface area (Å²) in [6, 6.07) is 13.9. The van der Waals surface area contributed by atoms with Gasteiger partial charge in [-0.25, -0.2) is 4.98 Å². The van der Waals surface area contributed by atoms with Crippen LogP contribution in [-0.2, 0) is 17.9 Å². The van der Waals surface area contributed by atoms with Crippen LogP contribution in [0.15, 0.2) is 54.7 Å². The van der Waals surface area contributed by atoms with Crippen molar-refractivity contribution >= 4 is 29.2 Å². The van der Waals surface area contributed by atoms with E-state index in [2.05, 4.69) is 41.2 Å². The van der Waals surface area contributed by atoms with E-state index in [1.807, 2.05) is 40.9 Å². The maximum Gasteiger partial charge on any atom is 0.244 e. The number of nitrogens with zero attached hydrogens (tertiary/aromatic N) is 3. The molecule has 0 radical (unpaired) electrons. The van der Waals surface area contributed by atoms with E-state index in [0.29, 0.717) is 17.4 Å². The molecule has 1 amide bonds. The number of aromatic nitrogens is 2. The third-order valence-electron chi connectivity index (χ3n) is 4.77. The van der Waals surface area contributed by atoms with Crippen molar-refractivity contribution < 1.29 is 4.79 Å². The molecule has 0 aliphatic carbocycles. The van der Waals surface area contributed by atoms with Gasteiger partial charge in [0.15, 0.2) is 5.15 Å². The van der Waals surface area contributed by atoms with Crippen molar-refractivity contribution in [3.63, 3.8) is 0 Å². The standard InChI is InChI=1S/C22H25ClN4O/c1-3-26(4-2)16-18-10-6-5-9-17(18)15-24-21(28)13-12-19-22(23)25-20-11-7-8-14-27(19)20/h5-14H,3-4,15-16H2,1-2H3,(H,24,28)/b13-12+. The first-order valence-corrected chi connectivity index (χ1v) is 9.87. The maximum absolute atomic E-state index is 12.3. The van der Waals surface area contributed by atoms with Crippen LogP contribution in [0, 0.1) is 0 Å². The molecule has 0 unspecified atom stereocenters. The monoisotopic (exact) mass is 396 g/mol. The van der Waals surface area contributed by atoms with E-state index in [4.69, 9.17) is 11.6 Å². The highest BCUT2D eigenvalue weighted by Crippen LogP contribution is 2.18. The molecule has 0 atom stereocenters. The molecule has 0 fully saturated rings. The molecule has 3 rings (SSSR count). The molecule has 1 N–H and O–H groups in total. The van der Waals surface area contributed by atoms with Gasteiger partial charge in [0.05, 0.1) is 5.69 Å². The summed E-state index contributed by atoms with van der Waals surface area (Å²) in [7, 11) is 0. The van der Waals surface area contributed by atoms with Crippen molar-refractivity contribution in [2.75, 3.05) is 13.1 Å². The van der Waals surface area contributed by atoms with Crippen LogP contribution >= 0.6 is 11.6 Å². The first-order valence-electron chi connectivity index (χ1n) is 9.50. The lowest BCUT2D eigenvalue weighted by molar-refractivity contribution is -0.116. The van der Waals surface area contributed by atoms with E-state index in [9.17, 15) is 4.79 Å². The molecule has 1 aromatic carbocycles. The third-order valence-corrected chi connectivity index (χ3v) is 5.05. The number of fused-ring (bicyclic) bond motifs is 1. The Bertz CT molecular complexity index is 976. The molecular weight excluding hydrogens is 372 g/mol. The van der Waals surface area contributed by atoms with E-state index >= 15 is 0 Å². The summed E-state index contributed by atoms with van der Waals surface area (Å²) in [6.45, 7) is 7.68. The normalized spacial score (nSPS) is 11.6. The minimum absolute atomic E-state index is 0.167. The lowest BCUT2D eigenvalue weighted by atomic mass is 10.1. The summed E-state index contributed by atoms with van der Waals surface area (Å²) in [4.78, 5) is 19.0. The van der Waals surface area contributed by atoms with E-state index in [0.717, 1.165) is 30.8 Å². The molecule has 0 spiro atoms. The van der Waals surface area contributed by atoms with Crippen LogP contribution in [0.3, 0.4) is 0 Å². The fourth-order valence-electron chi connectivity index (χ4n) is 3.10. The van der Waals surface area contributed by atoms with Crippen LogP contribution in [-0.4, -0.2) is 33.3 Å². The Morgan fingerprint density at radius 1 is 1.14 bits per heavy atom. The molecule has 0 aliphatic rings. The summed E-state index contributed by atoms with van der Waals surface area (Å²) in [5.74, 6) is -0.167. The van der Waals surface area contributed by atoms with Crippen LogP contribution < -0.4 is 5.32 Å². The minimum atomic E-state index is -0.167. The first-order chi connectivity index (χ1) is 13.6. The number of nitrogens with one attached hydrogen (secondary N) is 1. The van der Waals surface area contributed by atoms with E-state index in [1.165, 1.54) is 11.6 Å². The number of amides is 1. The van der Waals surface area contributed by atoms with E-state index in [1.54, 1.807) is 6.08 Å². The van der Waals surface area contributed by atoms with Gasteiger partial charge in [-0.05, 0) is 42.4 Å². The van der Waals surface area contributed by atoms with Gasteiger partial charge in [-0.15, -0.1) is 0 Å². The highest BCUT2D eigenvalue weighted by atomic mass is 35.5. The first kappa shape index (κ1) is 20.1. The van der Waals surface area contributed by atoms with Crippen LogP contribution in [0.4, 0.5) is 0 Å². The Morgan fingerprint density at radius 3 is 2.61 bits per heavy atom. The van der Waals surface area contributed by atoms with Crippen LogP contribution in [0.2, 0.25) is 5.15 Å². The number of rotatable bonds is 8. The Kier molecular flexibility index (Phi) is 6.85. The number of pyridine rings is 1. The largest absolute Gasteiger partial charge is 0.348 e. The second-order valence-corrected chi connectivity index (χ2v) is 6.86. The second kappa shape index (κ2) is 9.53. The van der Waals surface area contributed by atoms with Crippen molar-refractivity contribution in [1.82, 2.24) is 19.6 Å². The third kappa shape index (κ3) is 4.80. The van der Waals surface area contributed by atoms with Crippen LogP contribution in [0.25, 0.3) is 11.7 Å². The Labute approximate surface area is 170 Å². The Hall–Kier alpha value is -2.63. The molecule has 2 heterocycles. The maximum atomic E-state index is 12.3. The smallest absolute Gasteiger partial charge is 0.244 e. The Morgan fingerprint density at radius 2 is 1.86 bits per heavy atom. The molecule has 6 heteroatoms. The summed E-state index contributed by atoms with van der Waals surface area (Å²) >= 11 is 6.20. The summed E-state index contributed by atoms with van der Waals surface area (Å²) in [5.41, 5.74) is 3.80. The molecule has 0 saturated heterocycles. The van der Waals surface area contributed by atoms with Gasteiger partial charge >= 0.3 is 0 Å². The average molecular weight is 397 g/mol. The zero-order valence-corrected chi connectivity index (χ0v) is 17.0. The van der Waals surface area contributed by atoms with Crippen molar-refractivity contribution in [3.8, 4) is 0 Å². The average Bonchev–Trinajstić information content (AvgIpc) is 3.04. The van der Waals surface area contributed by atoms with Gasteiger partial charge in [0.25, 0.3) is 0 Å². The van der Waals surface area contributed by atoms with Gasteiger partial charge in [-0.3, -0.25) is 14.1 Å². The van der Waals surface area contributed by atoms with Gasteiger partial charge in [0, 0.05) is 25.4 Å². The zero-order chi connectivity index (χ0) is 19.9. The second-order valence-electron chi connectivity index (χ2n) is 6.50. The number of carbonyl (C=O) groups excluding carboxylic acids is 1. The van der Waals surface area contributed by atoms with Crippen molar-refractivity contribution in [1.29, 1.82) is 0 Å². The molecule has 0 bridgehead atoms. The lowest BCUT2D eigenvalue weighted by Crippen LogP contribution is -2.25. The minimum Gasteiger partial charge on any atom is -0.348 e. The van der Waals surface area contributed by atoms with Crippen molar-refractivity contribution in [2.45, 2.75) is 26.9 Å². The van der Waals surface area contributed by atoms with Gasteiger partial charge in [-0.2, -0.15) is 0 Å². The molecule has 28 heavy (non-hydrogen) atoms. The summed E-state index contributed by atoms with van der Waals surface area (Å²) < 4.78 is 1.85. The summed E-state index contributed by atoms with van der Waals surface area (Å²) in [6.07, 6.45) is 5.06. The molecule has 3 aromatic rings. The van der Waals surface area contributed by atoms with E-state index in [-0.39, 0.29) is 5.91 Å². The fourth-order valence-corrected chi connectivity index (χ4v) is 3.34. The SMILES string of the molecule is CCN(CC)Cc1ccccc1CNC(=O)/C=C/c1c(Cl)nc2ccccn12. The molecule has 146 valence electrons. The van der Waals surface area contributed by atoms with Crippen LogP contribution in [0.5, 0.6) is 0 Å². The highest BCUT2D eigenvalue weighted by molar-refractivity contribution is 6.31.